The van der Waals surface area contributed by atoms with Crippen molar-refractivity contribution in [2.75, 3.05) is 33.1 Å². The number of benzene rings is 2. The van der Waals surface area contributed by atoms with Gasteiger partial charge in [0.1, 0.15) is 0 Å². The molecule has 24 heavy (non-hydrogen) atoms. The van der Waals surface area contributed by atoms with E-state index in [1.54, 1.807) is 0 Å². The van der Waals surface area contributed by atoms with Crippen molar-refractivity contribution in [2.24, 2.45) is 0 Å². The molecule has 0 bridgehead atoms. The molecule has 0 radical (unpaired) electrons. The van der Waals surface area contributed by atoms with Gasteiger partial charge in [0.2, 0.25) is 0 Å². The maximum absolute atomic E-state index is 9.32. The summed E-state index contributed by atoms with van der Waals surface area (Å²) < 4.78 is 0. The highest BCUT2D eigenvalue weighted by Gasteiger charge is 2.22. The highest BCUT2D eigenvalue weighted by molar-refractivity contribution is 5.15. The fraction of sp³-hybridized carbons (Fsp3) is 0.350. The summed E-state index contributed by atoms with van der Waals surface area (Å²) >= 11 is 0. The van der Waals surface area contributed by atoms with E-state index < -0.39 is 0 Å². The van der Waals surface area contributed by atoms with Crippen molar-refractivity contribution in [3.05, 3.63) is 71.8 Å². The lowest BCUT2D eigenvalue weighted by molar-refractivity contribution is 0.000937. The Morgan fingerprint density at radius 3 is 1.58 bits per heavy atom. The van der Waals surface area contributed by atoms with Crippen LogP contribution < -0.4 is 0 Å². The molecule has 0 atom stereocenters. The first-order valence-electron chi connectivity index (χ1n) is 8.51. The van der Waals surface area contributed by atoms with Gasteiger partial charge in [-0.1, -0.05) is 60.7 Å². The molecule has 3 rings (SSSR count). The Morgan fingerprint density at radius 2 is 1.17 bits per heavy atom. The van der Waals surface area contributed by atoms with Gasteiger partial charge in [0.25, 0.3) is 0 Å². The zero-order valence-corrected chi connectivity index (χ0v) is 14.0. The minimum Gasteiger partial charge on any atom is -0.283 e. The third-order valence-electron chi connectivity index (χ3n) is 4.40. The fourth-order valence-electron chi connectivity index (χ4n) is 3.11. The van der Waals surface area contributed by atoms with Crippen LogP contribution in [-0.2, 0) is 12.8 Å². The first-order valence-corrected chi connectivity index (χ1v) is 8.51. The van der Waals surface area contributed by atoms with Gasteiger partial charge in [0.05, 0.1) is 20.0 Å². The number of nitriles is 1. The number of rotatable bonds is 6. The number of hydrogen-bond donors (Lipinski definition) is 0. The molecule has 1 aliphatic rings. The normalized spacial score (nSPS) is 16.0. The molecule has 0 amide bonds. The Labute approximate surface area is 144 Å². The van der Waals surface area contributed by atoms with Crippen LogP contribution >= 0.6 is 0 Å². The molecule has 0 aliphatic carbocycles. The Kier molecular flexibility index (Phi) is 5.84. The summed E-state index contributed by atoms with van der Waals surface area (Å²) in [5, 5.41) is 9.32. The third kappa shape index (κ3) is 4.82. The molecular weight excluding hydrogens is 296 g/mol. The summed E-state index contributed by atoms with van der Waals surface area (Å²) in [6.45, 7) is 4.34. The van der Waals surface area contributed by atoms with E-state index in [0.717, 1.165) is 45.9 Å². The quantitative estimate of drug-likeness (QED) is 0.766. The average molecular weight is 320 g/mol. The molecular formula is C20H24N4. The molecule has 1 aliphatic heterocycles. The van der Waals surface area contributed by atoms with Crippen molar-refractivity contribution in [2.45, 2.75) is 12.8 Å². The SMILES string of the molecule is N#CN1CN(CCc2ccccc2)CN(CCc2ccccc2)C1. The Morgan fingerprint density at radius 1 is 0.708 bits per heavy atom. The zero-order valence-electron chi connectivity index (χ0n) is 14.0. The van der Waals surface area contributed by atoms with Crippen LogP contribution in [0.1, 0.15) is 11.1 Å². The van der Waals surface area contributed by atoms with Gasteiger partial charge in [-0.15, -0.1) is 0 Å². The monoisotopic (exact) mass is 320 g/mol. The lowest BCUT2D eigenvalue weighted by Gasteiger charge is -2.40. The summed E-state index contributed by atoms with van der Waals surface area (Å²) in [5.74, 6) is 0. The summed E-state index contributed by atoms with van der Waals surface area (Å²) in [6, 6.07) is 21.1. The van der Waals surface area contributed by atoms with Crippen LogP contribution in [0.5, 0.6) is 0 Å². The van der Waals surface area contributed by atoms with Crippen molar-refractivity contribution in [3.8, 4) is 6.19 Å². The lowest BCUT2D eigenvalue weighted by atomic mass is 10.1. The molecule has 0 saturated carbocycles. The second-order valence-electron chi connectivity index (χ2n) is 6.32. The minimum absolute atomic E-state index is 0.727. The van der Waals surface area contributed by atoms with Gasteiger partial charge in [-0.2, -0.15) is 5.26 Å². The van der Waals surface area contributed by atoms with Gasteiger partial charge >= 0.3 is 0 Å². The smallest absolute Gasteiger partial charge is 0.181 e. The number of hydrogen-bond acceptors (Lipinski definition) is 4. The molecule has 124 valence electrons. The molecule has 1 heterocycles. The summed E-state index contributed by atoms with van der Waals surface area (Å²) in [6.07, 6.45) is 4.35. The summed E-state index contributed by atoms with van der Waals surface area (Å²) in [5.41, 5.74) is 2.70. The fourth-order valence-corrected chi connectivity index (χ4v) is 3.11. The highest BCUT2D eigenvalue weighted by Crippen LogP contribution is 2.10. The molecule has 1 saturated heterocycles. The predicted octanol–water partition coefficient (Wildman–Crippen LogP) is 2.74. The van der Waals surface area contributed by atoms with Crippen molar-refractivity contribution < 1.29 is 0 Å². The molecule has 0 aromatic heterocycles. The van der Waals surface area contributed by atoms with Crippen LogP contribution in [0.3, 0.4) is 0 Å². The van der Waals surface area contributed by atoms with Crippen LogP contribution in [0.15, 0.2) is 60.7 Å². The van der Waals surface area contributed by atoms with Gasteiger partial charge in [-0.3, -0.25) is 14.7 Å². The van der Waals surface area contributed by atoms with Crippen molar-refractivity contribution in [1.82, 2.24) is 14.7 Å². The van der Waals surface area contributed by atoms with E-state index >= 15 is 0 Å². The largest absolute Gasteiger partial charge is 0.283 e. The van der Waals surface area contributed by atoms with E-state index in [1.165, 1.54) is 11.1 Å². The van der Waals surface area contributed by atoms with E-state index in [4.69, 9.17) is 0 Å². The van der Waals surface area contributed by atoms with Gasteiger partial charge in [-0.05, 0) is 24.0 Å². The van der Waals surface area contributed by atoms with Gasteiger partial charge in [0, 0.05) is 13.1 Å². The Hall–Kier alpha value is -2.35. The summed E-state index contributed by atoms with van der Waals surface area (Å²) in [4.78, 5) is 6.54. The molecule has 0 spiro atoms. The maximum Gasteiger partial charge on any atom is 0.181 e. The van der Waals surface area contributed by atoms with Crippen LogP contribution in [-0.4, -0.2) is 47.8 Å². The molecule has 2 aromatic carbocycles. The molecule has 4 heteroatoms. The van der Waals surface area contributed by atoms with Crippen LogP contribution in [0.4, 0.5) is 0 Å². The average Bonchev–Trinajstić information content (AvgIpc) is 2.66. The van der Waals surface area contributed by atoms with Crippen LogP contribution in [0, 0.1) is 11.5 Å². The molecule has 0 N–H and O–H groups in total. The molecule has 2 aromatic rings. The maximum atomic E-state index is 9.32. The Bertz CT molecular complexity index is 599. The van der Waals surface area contributed by atoms with Crippen LogP contribution in [0.2, 0.25) is 0 Å². The first kappa shape index (κ1) is 16.5. The van der Waals surface area contributed by atoms with E-state index in [1.807, 2.05) is 17.0 Å². The van der Waals surface area contributed by atoms with Gasteiger partial charge in [-0.25, -0.2) is 0 Å². The topological polar surface area (TPSA) is 33.5 Å². The summed E-state index contributed by atoms with van der Waals surface area (Å²) in [7, 11) is 0. The standard InChI is InChI=1S/C20H24N4/c21-15-24-17-22(13-11-19-7-3-1-4-8-19)16-23(18-24)14-12-20-9-5-2-6-10-20/h1-10H,11-14,16-18H2. The van der Waals surface area contributed by atoms with E-state index in [2.05, 4.69) is 64.5 Å². The highest BCUT2D eigenvalue weighted by atomic mass is 15.5. The van der Waals surface area contributed by atoms with E-state index in [-0.39, 0.29) is 0 Å². The first-order chi connectivity index (χ1) is 11.8. The van der Waals surface area contributed by atoms with Crippen molar-refractivity contribution >= 4 is 0 Å². The number of nitrogens with zero attached hydrogens (tertiary/aromatic N) is 4. The van der Waals surface area contributed by atoms with Crippen LogP contribution in [0.25, 0.3) is 0 Å². The van der Waals surface area contributed by atoms with Crippen molar-refractivity contribution in [1.29, 1.82) is 5.26 Å². The second-order valence-corrected chi connectivity index (χ2v) is 6.32. The minimum atomic E-state index is 0.727. The van der Waals surface area contributed by atoms with Gasteiger partial charge in [0.15, 0.2) is 6.19 Å². The third-order valence-corrected chi connectivity index (χ3v) is 4.40. The molecule has 4 nitrogen and oxygen atoms in total. The molecule has 0 unspecified atom stereocenters. The van der Waals surface area contributed by atoms with E-state index in [9.17, 15) is 5.26 Å². The predicted molar refractivity (Wildman–Crippen MR) is 95.8 cm³/mol. The van der Waals surface area contributed by atoms with E-state index in [0.29, 0.717) is 0 Å². The second kappa shape index (κ2) is 8.49. The van der Waals surface area contributed by atoms with Crippen molar-refractivity contribution in [3.63, 3.8) is 0 Å². The van der Waals surface area contributed by atoms with Gasteiger partial charge < -0.3 is 0 Å². The molecule has 1 fully saturated rings. The lowest BCUT2D eigenvalue weighted by Crippen LogP contribution is -2.54. The Balaban J connectivity index is 1.52. The zero-order chi connectivity index (χ0) is 16.6.